The van der Waals surface area contributed by atoms with Gasteiger partial charge in [0.05, 0.1) is 4.92 Å². The minimum Gasteiger partial charge on any atom is -0.330 e. The fourth-order valence-electron chi connectivity index (χ4n) is 1.32. The summed E-state index contributed by atoms with van der Waals surface area (Å²) >= 11 is 3.30. The van der Waals surface area contributed by atoms with Crippen LogP contribution in [0.5, 0.6) is 0 Å². The van der Waals surface area contributed by atoms with Gasteiger partial charge in [-0.2, -0.15) is 0 Å². The van der Waals surface area contributed by atoms with Gasteiger partial charge in [0.2, 0.25) is 0 Å². The molecule has 0 aromatic heterocycles. The van der Waals surface area contributed by atoms with Crippen molar-refractivity contribution in [1.82, 2.24) is 5.32 Å². The number of nitrogens with one attached hydrogen (secondary N) is 1. The lowest BCUT2D eigenvalue weighted by Crippen LogP contribution is -2.18. The molecule has 0 heterocycles. The van der Waals surface area contributed by atoms with E-state index in [1.165, 1.54) is 6.07 Å². The standard InChI is InChI=1S/C10H14BrN3O2/c11-9-2-3-10(14(15)16)8(6-9)7-13-5-1-4-12/h2-3,6,13H,1,4-5,7,12H2. The van der Waals surface area contributed by atoms with Gasteiger partial charge in [0.25, 0.3) is 5.69 Å². The molecule has 0 aliphatic carbocycles. The molecule has 0 amide bonds. The molecule has 6 heteroatoms. The summed E-state index contributed by atoms with van der Waals surface area (Å²) < 4.78 is 0.841. The average Bonchev–Trinajstić information content (AvgIpc) is 2.24. The average molecular weight is 288 g/mol. The zero-order valence-corrected chi connectivity index (χ0v) is 10.4. The molecule has 0 atom stereocenters. The van der Waals surface area contributed by atoms with E-state index in [1.54, 1.807) is 12.1 Å². The smallest absolute Gasteiger partial charge is 0.273 e. The maximum absolute atomic E-state index is 10.8. The summed E-state index contributed by atoms with van der Waals surface area (Å²) in [5.74, 6) is 0. The number of hydrogen-bond donors (Lipinski definition) is 2. The number of nitrogens with two attached hydrogens (primary N) is 1. The van der Waals surface area contributed by atoms with E-state index < -0.39 is 0 Å². The van der Waals surface area contributed by atoms with Crippen LogP contribution in [0.2, 0.25) is 0 Å². The second kappa shape index (κ2) is 6.57. The zero-order valence-electron chi connectivity index (χ0n) is 8.78. The third kappa shape index (κ3) is 3.88. The number of nitrogens with zero attached hydrogens (tertiary/aromatic N) is 1. The first-order valence-electron chi connectivity index (χ1n) is 4.98. The predicted molar refractivity (Wildman–Crippen MR) is 66.2 cm³/mol. The maximum Gasteiger partial charge on any atom is 0.273 e. The summed E-state index contributed by atoms with van der Waals surface area (Å²) in [5, 5.41) is 13.9. The molecule has 0 saturated carbocycles. The highest BCUT2D eigenvalue weighted by Gasteiger charge is 2.12. The summed E-state index contributed by atoms with van der Waals surface area (Å²) in [7, 11) is 0. The van der Waals surface area contributed by atoms with E-state index in [1.807, 2.05) is 0 Å². The van der Waals surface area contributed by atoms with Crippen LogP contribution in [0.4, 0.5) is 5.69 Å². The highest BCUT2D eigenvalue weighted by molar-refractivity contribution is 9.10. The van der Waals surface area contributed by atoms with Crippen molar-refractivity contribution in [3.63, 3.8) is 0 Å². The van der Waals surface area contributed by atoms with Crippen molar-refractivity contribution in [3.05, 3.63) is 38.3 Å². The molecule has 1 aromatic carbocycles. The Balaban J connectivity index is 2.68. The summed E-state index contributed by atoms with van der Waals surface area (Å²) in [6.45, 7) is 1.86. The van der Waals surface area contributed by atoms with E-state index in [2.05, 4.69) is 21.2 Å². The third-order valence-corrected chi connectivity index (χ3v) is 2.60. The molecule has 0 aliphatic rings. The molecule has 1 rings (SSSR count). The molecule has 0 fully saturated rings. The topological polar surface area (TPSA) is 81.2 Å². The van der Waals surface area contributed by atoms with Crippen LogP contribution in [-0.4, -0.2) is 18.0 Å². The molecule has 0 spiro atoms. The SMILES string of the molecule is NCCCNCc1cc(Br)ccc1[N+](=O)[O-]. The molecule has 0 radical (unpaired) electrons. The van der Waals surface area contributed by atoms with Crippen LogP contribution in [0, 0.1) is 10.1 Å². The molecule has 3 N–H and O–H groups in total. The molecular formula is C10H14BrN3O2. The van der Waals surface area contributed by atoms with Crippen LogP contribution < -0.4 is 11.1 Å². The molecule has 0 bridgehead atoms. The third-order valence-electron chi connectivity index (χ3n) is 2.11. The lowest BCUT2D eigenvalue weighted by atomic mass is 10.2. The predicted octanol–water partition coefficient (Wildman–Crippen LogP) is 1.80. The quantitative estimate of drug-likeness (QED) is 0.475. The molecular weight excluding hydrogens is 274 g/mol. The van der Waals surface area contributed by atoms with Crippen LogP contribution in [0.15, 0.2) is 22.7 Å². The second-order valence-electron chi connectivity index (χ2n) is 3.35. The van der Waals surface area contributed by atoms with Gasteiger partial charge in [-0.25, -0.2) is 0 Å². The van der Waals surface area contributed by atoms with E-state index in [0.717, 1.165) is 17.4 Å². The Labute approximate surface area is 102 Å². The van der Waals surface area contributed by atoms with Gasteiger partial charge >= 0.3 is 0 Å². The van der Waals surface area contributed by atoms with Crippen LogP contribution >= 0.6 is 15.9 Å². The van der Waals surface area contributed by atoms with Crippen molar-refractivity contribution in [1.29, 1.82) is 0 Å². The molecule has 0 unspecified atom stereocenters. The number of rotatable bonds is 6. The van der Waals surface area contributed by atoms with Crippen LogP contribution in [0.25, 0.3) is 0 Å². The van der Waals surface area contributed by atoms with Gasteiger partial charge in [-0.1, -0.05) is 15.9 Å². The zero-order chi connectivity index (χ0) is 12.0. The van der Waals surface area contributed by atoms with Crippen molar-refractivity contribution < 1.29 is 4.92 Å². The van der Waals surface area contributed by atoms with Crippen molar-refractivity contribution in [2.45, 2.75) is 13.0 Å². The fraction of sp³-hybridized carbons (Fsp3) is 0.400. The highest BCUT2D eigenvalue weighted by atomic mass is 79.9. The Morgan fingerprint density at radius 2 is 2.25 bits per heavy atom. The first-order valence-corrected chi connectivity index (χ1v) is 5.78. The molecule has 88 valence electrons. The Kier molecular flexibility index (Phi) is 5.37. The van der Waals surface area contributed by atoms with Crippen LogP contribution in [0.1, 0.15) is 12.0 Å². The Hall–Kier alpha value is -0.980. The number of hydrogen-bond acceptors (Lipinski definition) is 4. The maximum atomic E-state index is 10.8. The Morgan fingerprint density at radius 3 is 2.88 bits per heavy atom. The second-order valence-corrected chi connectivity index (χ2v) is 4.26. The van der Waals surface area contributed by atoms with E-state index in [0.29, 0.717) is 18.7 Å². The highest BCUT2D eigenvalue weighted by Crippen LogP contribution is 2.22. The van der Waals surface area contributed by atoms with E-state index in [9.17, 15) is 10.1 Å². The molecule has 0 saturated heterocycles. The fourth-order valence-corrected chi connectivity index (χ4v) is 1.73. The first kappa shape index (κ1) is 13.1. The molecule has 1 aromatic rings. The lowest BCUT2D eigenvalue weighted by molar-refractivity contribution is -0.385. The monoisotopic (exact) mass is 287 g/mol. The number of nitro groups is 1. The van der Waals surface area contributed by atoms with Gasteiger partial charge in [0.15, 0.2) is 0 Å². The van der Waals surface area contributed by atoms with Gasteiger partial charge in [0, 0.05) is 22.6 Å². The van der Waals surface area contributed by atoms with Gasteiger partial charge in [-0.3, -0.25) is 10.1 Å². The van der Waals surface area contributed by atoms with Crippen molar-refractivity contribution >= 4 is 21.6 Å². The van der Waals surface area contributed by atoms with E-state index in [-0.39, 0.29) is 10.6 Å². The van der Waals surface area contributed by atoms with Crippen molar-refractivity contribution in [3.8, 4) is 0 Å². The summed E-state index contributed by atoms with van der Waals surface area (Å²) in [6, 6.07) is 4.93. The largest absolute Gasteiger partial charge is 0.330 e. The van der Waals surface area contributed by atoms with Crippen molar-refractivity contribution in [2.75, 3.05) is 13.1 Å². The Bertz CT molecular complexity index is 371. The van der Waals surface area contributed by atoms with Gasteiger partial charge in [-0.15, -0.1) is 0 Å². The molecule has 0 aliphatic heterocycles. The van der Waals surface area contributed by atoms with Gasteiger partial charge in [-0.05, 0) is 31.6 Å². The molecule has 5 nitrogen and oxygen atoms in total. The summed E-state index contributed by atoms with van der Waals surface area (Å²) in [5.41, 5.74) is 6.17. The first-order chi connectivity index (χ1) is 7.65. The summed E-state index contributed by atoms with van der Waals surface area (Å²) in [6.07, 6.45) is 0.863. The lowest BCUT2D eigenvalue weighted by Gasteiger charge is -2.05. The Morgan fingerprint density at radius 1 is 1.50 bits per heavy atom. The number of halogens is 1. The normalized spacial score (nSPS) is 10.4. The molecule has 16 heavy (non-hydrogen) atoms. The van der Waals surface area contributed by atoms with Crippen LogP contribution in [0.3, 0.4) is 0 Å². The van der Waals surface area contributed by atoms with Crippen LogP contribution in [-0.2, 0) is 6.54 Å². The number of nitro benzene ring substituents is 1. The van der Waals surface area contributed by atoms with Gasteiger partial charge in [0.1, 0.15) is 0 Å². The minimum atomic E-state index is -0.369. The van der Waals surface area contributed by atoms with Crippen molar-refractivity contribution in [2.24, 2.45) is 5.73 Å². The van der Waals surface area contributed by atoms with Gasteiger partial charge < -0.3 is 11.1 Å². The van der Waals surface area contributed by atoms with E-state index in [4.69, 9.17) is 5.73 Å². The van der Waals surface area contributed by atoms with E-state index >= 15 is 0 Å². The number of benzene rings is 1. The minimum absolute atomic E-state index is 0.142. The summed E-state index contributed by atoms with van der Waals surface area (Å²) in [4.78, 5) is 10.4.